The largest absolute Gasteiger partial charge is 0.491 e. The number of para-hydroxylation sites is 1. The Morgan fingerprint density at radius 1 is 1.38 bits per heavy atom. The van der Waals surface area contributed by atoms with E-state index in [0.717, 1.165) is 30.0 Å². The zero-order valence-electron chi connectivity index (χ0n) is 13.6. The van der Waals surface area contributed by atoms with Gasteiger partial charge in [-0.1, -0.05) is 18.2 Å². The predicted molar refractivity (Wildman–Crippen MR) is 87.5 cm³/mol. The van der Waals surface area contributed by atoms with Gasteiger partial charge < -0.3 is 14.8 Å². The van der Waals surface area contributed by atoms with Gasteiger partial charge in [-0.05, 0) is 25.5 Å². The van der Waals surface area contributed by atoms with E-state index in [-0.39, 0.29) is 24.0 Å². The van der Waals surface area contributed by atoms with Crippen molar-refractivity contribution in [2.75, 3.05) is 13.2 Å². The number of carbonyl (C=O) groups excluding carboxylic acids is 1. The molecule has 0 saturated carbocycles. The standard InChI is InChI=1S/C18H21N3O3/c1-2-21-15(7-9-19-21)17-13(8-10-23-17)18(22)20-14-11-24-16-6-4-3-5-12(14)16/h3-7,9,13-14,17H,2,8,10-11H2,1H3,(H,20,22)/t13-,14+,17-/m1/s1. The minimum atomic E-state index is -0.231. The molecule has 3 atom stereocenters. The Morgan fingerprint density at radius 3 is 3.12 bits per heavy atom. The third kappa shape index (κ3) is 2.57. The monoisotopic (exact) mass is 327 g/mol. The topological polar surface area (TPSA) is 65.4 Å². The Morgan fingerprint density at radius 2 is 2.25 bits per heavy atom. The van der Waals surface area contributed by atoms with E-state index in [1.54, 1.807) is 6.20 Å². The molecule has 0 bridgehead atoms. The maximum atomic E-state index is 12.8. The molecule has 3 heterocycles. The number of hydrogen-bond acceptors (Lipinski definition) is 4. The number of ether oxygens (including phenoxy) is 2. The molecule has 2 aromatic rings. The molecule has 24 heavy (non-hydrogen) atoms. The summed E-state index contributed by atoms with van der Waals surface area (Å²) < 4.78 is 13.4. The maximum Gasteiger partial charge on any atom is 0.226 e. The van der Waals surface area contributed by atoms with Gasteiger partial charge in [-0.25, -0.2) is 0 Å². The van der Waals surface area contributed by atoms with Crippen molar-refractivity contribution >= 4 is 5.91 Å². The molecule has 1 amide bonds. The number of amides is 1. The third-order valence-corrected chi connectivity index (χ3v) is 4.79. The maximum absolute atomic E-state index is 12.8. The minimum absolute atomic E-state index is 0.0201. The highest BCUT2D eigenvalue weighted by atomic mass is 16.5. The lowest BCUT2D eigenvalue weighted by molar-refractivity contribution is -0.127. The quantitative estimate of drug-likeness (QED) is 0.935. The van der Waals surface area contributed by atoms with Crippen LogP contribution in [0, 0.1) is 5.92 Å². The number of rotatable bonds is 4. The molecule has 4 rings (SSSR count). The molecule has 1 aromatic heterocycles. The van der Waals surface area contributed by atoms with E-state index >= 15 is 0 Å². The zero-order valence-corrected chi connectivity index (χ0v) is 13.6. The van der Waals surface area contributed by atoms with Gasteiger partial charge in [-0.2, -0.15) is 5.10 Å². The fourth-order valence-corrected chi connectivity index (χ4v) is 3.56. The molecule has 6 heteroatoms. The van der Waals surface area contributed by atoms with Gasteiger partial charge in [0.2, 0.25) is 5.91 Å². The first-order valence-corrected chi connectivity index (χ1v) is 8.43. The molecule has 1 saturated heterocycles. The average molecular weight is 327 g/mol. The molecule has 1 aromatic carbocycles. The van der Waals surface area contributed by atoms with Crippen LogP contribution >= 0.6 is 0 Å². The fraction of sp³-hybridized carbons (Fsp3) is 0.444. The molecule has 2 aliphatic heterocycles. The molecule has 6 nitrogen and oxygen atoms in total. The van der Waals surface area contributed by atoms with Crippen LogP contribution in [0.2, 0.25) is 0 Å². The summed E-state index contributed by atoms with van der Waals surface area (Å²) in [7, 11) is 0. The first-order valence-electron chi connectivity index (χ1n) is 8.43. The van der Waals surface area contributed by atoms with Crippen molar-refractivity contribution in [3.63, 3.8) is 0 Å². The van der Waals surface area contributed by atoms with Gasteiger partial charge >= 0.3 is 0 Å². The van der Waals surface area contributed by atoms with Crippen molar-refractivity contribution in [1.82, 2.24) is 15.1 Å². The summed E-state index contributed by atoms with van der Waals surface area (Å²) in [6, 6.07) is 9.69. The lowest BCUT2D eigenvalue weighted by Crippen LogP contribution is -2.36. The number of fused-ring (bicyclic) bond motifs is 1. The number of nitrogens with zero attached hydrogens (tertiary/aromatic N) is 2. The van der Waals surface area contributed by atoms with E-state index in [0.29, 0.717) is 13.2 Å². The van der Waals surface area contributed by atoms with Crippen LogP contribution in [-0.2, 0) is 16.1 Å². The first-order chi connectivity index (χ1) is 11.8. The molecular weight excluding hydrogens is 306 g/mol. The van der Waals surface area contributed by atoms with Crippen LogP contribution < -0.4 is 10.1 Å². The Kier molecular flexibility index (Phi) is 3.98. The van der Waals surface area contributed by atoms with Crippen LogP contribution in [0.25, 0.3) is 0 Å². The molecular formula is C18H21N3O3. The number of carbonyl (C=O) groups is 1. The van der Waals surface area contributed by atoms with Crippen molar-refractivity contribution in [2.24, 2.45) is 5.92 Å². The molecule has 0 unspecified atom stereocenters. The van der Waals surface area contributed by atoms with Crippen LogP contribution in [0.4, 0.5) is 0 Å². The van der Waals surface area contributed by atoms with E-state index in [9.17, 15) is 4.79 Å². The van der Waals surface area contributed by atoms with Crippen molar-refractivity contribution < 1.29 is 14.3 Å². The number of nitrogens with one attached hydrogen (secondary N) is 1. The van der Waals surface area contributed by atoms with Crippen molar-refractivity contribution in [2.45, 2.75) is 32.0 Å². The molecule has 0 aliphatic carbocycles. The molecule has 1 N–H and O–H groups in total. The van der Waals surface area contributed by atoms with E-state index in [1.165, 1.54) is 0 Å². The summed E-state index contributed by atoms with van der Waals surface area (Å²) in [5, 5.41) is 7.42. The van der Waals surface area contributed by atoms with E-state index in [4.69, 9.17) is 9.47 Å². The average Bonchev–Trinajstić information content (AvgIpc) is 3.33. The fourth-order valence-electron chi connectivity index (χ4n) is 3.56. The number of aryl methyl sites for hydroxylation is 1. The van der Waals surface area contributed by atoms with Crippen LogP contribution in [-0.4, -0.2) is 28.9 Å². The van der Waals surface area contributed by atoms with Crippen LogP contribution in [0.5, 0.6) is 5.75 Å². The molecule has 126 valence electrons. The molecule has 0 radical (unpaired) electrons. The highest BCUT2D eigenvalue weighted by molar-refractivity contribution is 5.80. The number of benzene rings is 1. The van der Waals surface area contributed by atoms with E-state index < -0.39 is 0 Å². The van der Waals surface area contributed by atoms with Gasteiger partial charge in [-0.15, -0.1) is 0 Å². The van der Waals surface area contributed by atoms with Crippen molar-refractivity contribution in [3.05, 3.63) is 47.8 Å². The second-order valence-electron chi connectivity index (χ2n) is 6.17. The van der Waals surface area contributed by atoms with Gasteiger partial charge in [0.05, 0.1) is 17.7 Å². The zero-order chi connectivity index (χ0) is 16.5. The van der Waals surface area contributed by atoms with Gasteiger partial charge in [0.25, 0.3) is 0 Å². The summed E-state index contributed by atoms with van der Waals surface area (Å²) in [6.07, 6.45) is 2.25. The van der Waals surface area contributed by atoms with Gasteiger partial charge in [-0.3, -0.25) is 9.48 Å². The SMILES string of the molecule is CCn1nccc1[C@@H]1OCC[C@H]1C(=O)N[C@H]1COc2ccccc21. The summed E-state index contributed by atoms with van der Waals surface area (Å²) in [5.41, 5.74) is 2.01. The van der Waals surface area contributed by atoms with Gasteiger partial charge in [0.15, 0.2) is 0 Å². The second kappa shape index (κ2) is 6.28. The molecule has 1 fully saturated rings. The number of hydrogen-bond donors (Lipinski definition) is 1. The van der Waals surface area contributed by atoms with Crippen LogP contribution in [0.1, 0.15) is 36.7 Å². The minimum Gasteiger partial charge on any atom is -0.491 e. The van der Waals surface area contributed by atoms with Crippen LogP contribution in [0.3, 0.4) is 0 Å². The Balaban J connectivity index is 1.50. The Labute approximate surface area is 140 Å². The van der Waals surface area contributed by atoms with E-state index in [1.807, 2.05) is 41.9 Å². The smallest absolute Gasteiger partial charge is 0.226 e. The highest BCUT2D eigenvalue weighted by Gasteiger charge is 2.38. The summed E-state index contributed by atoms with van der Waals surface area (Å²) in [4.78, 5) is 12.8. The molecule has 0 spiro atoms. The summed E-state index contributed by atoms with van der Waals surface area (Å²) in [6.45, 7) is 3.87. The van der Waals surface area contributed by atoms with Crippen LogP contribution in [0.15, 0.2) is 36.5 Å². The second-order valence-corrected chi connectivity index (χ2v) is 6.17. The Bertz CT molecular complexity index is 743. The van der Waals surface area contributed by atoms with Gasteiger partial charge in [0, 0.05) is 24.9 Å². The summed E-state index contributed by atoms with van der Waals surface area (Å²) in [5.74, 6) is 0.678. The van der Waals surface area contributed by atoms with E-state index in [2.05, 4.69) is 10.4 Å². The molecule has 2 aliphatic rings. The highest BCUT2D eigenvalue weighted by Crippen LogP contribution is 2.36. The Hall–Kier alpha value is -2.34. The van der Waals surface area contributed by atoms with Gasteiger partial charge in [0.1, 0.15) is 18.5 Å². The normalized spacial score (nSPS) is 25.3. The predicted octanol–water partition coefficient (Wildman–Crippen LogP) is 2.23. The first kappa shape index (κ1) is 15.2. The number of aromatic nitrogens is 2. The third-order valence-electron chi connectivity index (χ3n) is 4.79. The van der Waals surface area contributed by atoms with Crippen molar-refractivity contribution in [3.8, 4) is 5.75 Å². The lowest BCUT2D eigenvalue weighted by Gasteiger charge is -2.21. The lowest BCUT2D eigenvalue weighted by atomic mass is 9.97. The van der Waals surface area contributed by atoms with Crippen molar-refractivity contribution in [1.29, 1.82) is 0 Å². The summed E-state index contributed by atoms with van der Waals surface area (Å²) >= 11 is 0.